The van der Waals surface area contributed by atoms with Crippen molar-refractivity contribution in [1.82, 2.24) is 5.32 Å². The Hall–Kier alpha value is -4.08. The summed E-state index contributed by atoms with van der Waals surface area (Å²) in [7, 11) is 1.63. The van der Waals surface area contributed by atoms with Gasteiger partial charge < -0.3 is 21.0 Å². The highest BCUT2D eigenvalue weighted by molar-refractivity contribution is 5.91. The highest BCUT2D eigenvalue weighted by atomic mass is 19.4. The van der Waals surface area contributed by atoms with E-state index in [9.17, 15) is 18.0 Å². The Morgan fingerprint density at radius 3 is 2.16 bits per heavy atom. The molecule has 0 aliphatic heterocycles. The molecule has 168 valence electrons. The first-order valence-corrected chi connectivity index (χ1v) is 9.17. The average Bonchev–Trinajstić information content (AvgIpc) is 2.75. The van der Waals surface area contributed by atoms with Crippen molar-refractivity contribution < 1.29 is 32.6 Å². The van der Waals surface area contributed by atoms with E-state index in [-0.39, 0.29) is 5.91 Å². The molecule has 0 aliphatic rings. The van der Waals surface area contributed by atoms with Gasteiger partial charge in [-0.2, -0.15) is 18.3 Å². The van der Waals surface area contributed by atoms with Gasteiger partial charge in [0, 0.05) is 7.05 Å². The summed E-state index contributed by atoms with van der Waals surface area (Å²) in [6.07, 6.45) is -3.11. The van der Waals surface area contributed by atoms with E-state index in [0.717, 1.165) is 33.4 Å². The van der Waals surface area contributed by atoms with Gasteiger partial charge in [0.15, 0.2) is 0 Å². The largest absolute Gasteiger partial charge is 0.490 e. The van der Waals surface area contributed by atoms with Crippen LogP contribution in [0.4, 0.5) is 13.2 Å². The van der Waals surface area contributed by atoms with Crippen LogP contribution in [0.3, 0.4) is 0 Å². The Bertz CT molecular complexity index is 1110. The van der Waals surface area contributed by atoms with E-state index in [1.807, 2.05) is 60.7 Å². The van der Waals surface area contributed by atoms with Crippen LogP contribution in [0.2, 0.25) is 0 Å². The van der Waals surface area contributed by atoms with Crippen molar-refractivity contribution in [2.45, 2.75) is 12.6 Å². The summed E-state index contributed by atoms with van der Waals surface area (Å²) in [6, 6.07) is 19.4. The predicted octanol–water partition coefficient (Wildman–Crippen LogP) is 3.85. The molecular weight excluding hydrogens is 427 g/mol. The number of nitrogens with two attached hydrogens (primary N) is 1. The number of alkyl halides is 3. The number of hydrogen-bond donors (Lipinski definition) is 3. The molecule has 0 radical (unpaired) electrons. The number of hydrogen-bond acceptors (Lipinski definition) is 5. The van der Waals surface area contributed by atoms with E-state index in [2.05, 4.69) is 10.4 Å². The van der Waals surface area contributed by atoms with Crippen molar-refractivity contribution in [3.8, 4) is 11.5 Å². The molecule has 0 unspecified atom stereocenters. The molecule has 3 aromatic carbocycles. The van der Waals surface area contributed by atoms with Crippen LogP contribution in [-0.2, 0) is 16.0 Å². The number of rotatable bonds is 5. The molecule has 4 N–H and O–H groups in total. The van der Waals surface area contributed by atoms with E-state index >= 15 is 0 Å². The molecule has 0 bridgehead atoms. The lowest BCUT2D eigenvalue weighted by molar-refractivity contribution is -0.192. The SMILES string of the molecule is CNC(=O)Cc1ccc(Oc2ccc3cc(/C=N\N)ccc3c2)cc1.O=C(O)C(F)(F)F. The number of nitrogens with zero attached hydrogens (tertiary/aromatic N) is 1. The smallest absolute Gasteiger partial charge is 0.475 e. The summed E-state index contributed by atoms with van der Waals surface area (Å²) in [4.78, 5) is 20.3. The zero-order valence-electron chi connectivity index (χ0n) is 16.9. The number of amides is 1. The van der Waals surface area contributed by atoms with Crippen LogP contribution in [0.1, 0.15) is 11.1 Å². The average molecular weight is 447 g/mol. The molecule has 0 spiro atoms. The van der Waals surface area contributed by atoms with Crippen molar-refractivity contribution in [3.63, 3.8) is 0 Å². The zero-order valence-corrected chi connectivity index (χ0v) is 16.9. The Balaban J connectivity index is 0.000000451. The highest BCUT2D eigenvalue weighted by Crippen LogP contribution is 2.26. The molecule has 3 rings (SSSR count). The van der Waals surface area contributed by atoms with E-state index in [4.69, 9.17) is 20.5 Å². The van der Waals surface area contributed by atoms with Gasteiger partial charge in [0.2, 0.25) is 5.91 Å². The van der Waals surface area contributed by atoms with Crippen LogP contribution in [0.5, 0.6) is 11.5 Å². The van der Waals surface area contributed by atoms with Gasteiger partial charge in [-0.05, 0) is 52.2 Å². The van der Waals surface area contributed by atoms with Crippen LogP contribution in [0.25, 0.3) is 10.8 Å². The lowest BCUT2D eigenvalue weighted by atomic mass is 10.1. The Labute approximate surface area is 181 Å². The Kier molecular flexibility index (Phi) is 8.17. The fourth-order valence-electron chi connectivity index (χ4n) is 2.56. The number of fused-ring (bicyclic) bond motifs is 1. The minimum atomic E-state index is -5.08. The third kappa shape index (κ3) is 7.31. The lowest BCUT2D eigenvalue weighted by Crippen LogP contribution is -2.21. The number of likely N-dealkylation sites (N-methyl/N-ethyl adjacent to an activating group) is 1. The molecule has 0 saturated heterocycles. The molecule has 0 heterocycles. The molecule has 0 aromatic heterocycles. The van der Waals surface area contributed by atoms with Gasteiger partial charge in [0.05, 0.1) is 12.6 Å². The van der Waals surface area contributed by atoms with E-state index in [1.54, 1.807) is 13.3 Å². The first-order chi connectivity index (χ1) is 15.1. The van der Waals surface area contributed by atoms with Crippen LogP contribution in [0, 0.1) is 0 Å². The number of halogens is 3. The molecule has 0 saturated carbocycles. The number of carboxylic acid groups (broad SMARTS) is 1. The molecule has 0 fully saturated rings. The number of carbonyl (C=O) groups excluding carboxylic acids is 1. The van der Waals surface area contributed by atoms with Crippen LogP contribution < -0.4 is 15.9 Å². The number of benzene rings is 3. The van der Waals surface area contributed by atoms with Crippen LogP contribution in [0.15, 0.2) is 65.8 Å². The maximum absolute atomic E-state index is 11.4. The molecule has 10 heteroatoms. The molecule has 1 amide bonds. The highest BCUT2D eigenvalue weighted by Gasteiger charge is 2.38. The third-order valence-corrected chi connectivity index (χ3v) is 4.10. The second-order valence-corrected chi connectivity index (χ2v) is 6.45. The van der Waals surface area contributed by atoms with Gasteiger partial charge in [-0.1, -0.05) is 30.3 Å². The number of ether oxygens (including phenoxy) is 1. The van der Waals surface area contributed by atoms with Gasteiger partial charge in [0.1, 0.15) is 11.5 Å². The van der Waals surface area contributed by atoms with Crippen molar-refractivity contribution in [2.24, 2.45) is 10.9 Å². The van der Waals surface area contributed by atoms with Crippen molar-refractivity contribution in [2.75, 3.05) is 7.05 Å². The first-order valence-electron chi connectivity index (χ1n) is 9.17. The maximum Gasteiger partial charge on any atom is 0.490 e. The molecule has 7 nitrogen and oxygen atoms in total. The fourth-order valence-corrected chi connectivity index (χ4v) is 2.56. The summed E-state index contributed by atoms with van der Waals surface area (Å²) in [5, 5.41) is 15.4. The Morgan fingerprint density at radius 2 is 1.59 bits per heavy atom. The normalized spacial score (nSPS) is 11.0. The van der Waals surface area contributed by atoms with Crippen molar-refractivity contribution in [3.05, 3.63) is 71.8 Å². The number of nitrogens with one attached hydrogen (secondary N) is 1. The standard InChI is InChI=1S/C20H19N3O2.C2HF3O2/c1-22-20(24)11-14-3-7-18(8-4-14)25-19-9-6-16-10-15(13-23-21)2-5-17(16)12-19;3-2(4,5)1(6)7/h2-10,12-13H,11,21H2,1H3,(H,22,24);(H,6,7)/b23-13-;. The zero-order chi connectivity index (χ0) is 23.7. The third-order valence-electron chi connectivity index (χ3n) is 4.10. The molecule has 32 heavy (non-hydrogen) atoms. The number of carboxylic acids is 1. The molecule has 0 atom stereocenters. The summed E-state index contributed by atoms with van der Waals surface area (Å²) < 4.78 is 37.6. The van der Waals surface area contributed by atoms with Crippen LogP contribution >= 0.6 is 0 Å². The first kappa shape index (κ1) is 24.2. The number of aliphatic carboxylic acids is 1. The second-order valence-electron chi connectivity index (χ2n) is 6.45. The van der Waals surface area contributed by atoms with E-state index in [1.165, 1.54) is 0 Å². The maximum atomic E-state index is 11.4. The summed E-state index contributed by atoms with van der Waals surface area (Å²) in [5.41, 5.74) is 1.90. The summed E-state index contributed by atoms with van der Waals surface area (Å²) >= 11 is 0. The van der Waals surface area contributed by atoms with E-state index < -0.39 is 12.1 Å². The lowest BCUT2D eigenvalue weighted by Gasteiger charge is -2.08. The van der Waals surface area contributed by atoms with Gasteiger partial charge in [0.25, 0.3) is 0 Å². The summed E-state index contributed by atoms with van der Waals surface area (Å²) in [5.74, 6) is 3.90. The number of carbonyl (C=O) groups is 2. The van der Waals surface area contributed by atoms with Gasteiger partial charge in [-0.3, -0.25) is 4.79 Å². The quantitative estimate of drug-likeness (QED) is 0.312. The van der Waals surface area contributed by atoms with Gasteiger partial charge >= 0.3 is 12.1 Å². The molecular formula is C22H20F3N3O4. The molecule has 0 aliphatic carbocycles. The minimum absolute atomic E-state index is 0.0118. The van der Waals surface area contributed by atoms with Gasteiger partial charge in [-0.25, -0.2) is 4.79 Å². The van der Waals surface area contributed by atoms with Gasteiger partial charge in [-0.15, -0.1) is 0 Å². The van der Waals surface area contributed by atoms with Crippen LogP contribution in [-0.4, -0.2) is 36.4 Å². The Morgan fingerprint density at radius 1 is 1.03 bits per heavy atom. The molecule has 3 aromatic rings. The second kappa shape index (κ2) is 10.8. The minimum Gasteiger partial charge on any atom is -0.475 e. The predicted molar refractivity (Wildman–Crippen MR) is 114 cm³/mol. The van der Waals surface area contributed by atoms with Crippen molar-refractivity contribution in [1.29, 1.82) is 0 Å². The van der Waals surface area contributed by atoms with E-state index in [0.29, 0.717) is 6.42 Å². The fraction of sp³-hybridized carbons (Fsp3) is 0.136. The number of hydrazone groups is 1. The monoisotopic (exact) mass is 447 g/mol. The van der Waals surface area contributed by atoms with Crippen molar-refractivity contribution >= 4 is 28.9 Å². The summed E-state index contributed by atoms with van der Waals surface area (Å²) in [6.45, 7) is 0. The topological polar surface area (TPSA) is 114 Å².